The van der Waals surface area contributed by atoms with E-state index in [2.05, 4.69) is 37.4 Å². The first-order chi connectivity index (χ1) is 13.0. The predicted octanol–water partition coefficient (Wildman–Crippen LogP) is 4.44. The standard InChI is InChI=1S/C22H28N2O3/c1-5-12-26-20-10-7-18(8-11-20)14-23-24-22(25)15-27-21-13-19(16(2)3)9-6-17(21)4/h6-11,13-14,16H,5,12,15H2,1-4H3,(H,24,25)/b23-14+. The third kappa shape index (κ3) is 6.77. The van der Waals surface area contributed by atoms with Crippen LogP contribution in [-0.2, 0) is 4.79 Å². The summed E-state index contributed by atoms with van der Waals surface area (Å²) in [6.07, 6.45) is 2.56. The summed E-state index contributed by atoms with van der Waals surface area (Å²) >= 11 is 0. The zero-order chi connectivity index (χ0) is 19.6. The van der Waals surface area contributed by atoms with Crippen LogP contribution in [0, 0.1) is 6.92 Å². The lowest BCUT2D eigenvalue weighted by molar-refractivity contribution is -0.123. The molecule has 2 aromatic rings. The number of nitrogens with zero attached hydrogens (tertiary/aromatic N) is 1. The van der Waals surface area contributed by atoms with Gasteiger partial charge in [0.1, 0.15) is 11.5 Å². The second kappa shape index (κ2) is 10.4. The van der Waals surface area contributed by atoms with Crippen molar-refractivity contribution in [3.8, 4) is 11.5 Å². The number of rotatable bonds is 9. The molecular weight excluding hydrogens is 340 g/mol. The summed E-state index contributed by atoms with van der Waals surface area (Å²) in [7, 11) is 0. The van der Waals surface area contributed by atoms with Gasteiger partial charge in [-0.3, -0.25) is 4.79 Å². The van der Waals surface area contributed by atoms with Crippen molar-refractivity contribution in [3.05, 3.63) is 59.2 Å². The summed E-state index contributed by atoms with van der Waals surface area (Å²) in [5.74, 6) is 1.65. The van der Waals surface area contributed by atoms with Crippen molar-refractivity contribution in [2.24, 2.45) is 5.10 Å². The number of carbonyl (C=O) groups excluding carboxylic acids is 1. The number of benzene rings is 2. The van der Waals surface area contributed by atoms with Crippen LogP contribution in [0.4, 0.5) is 0 Å². The molecule has 0 fully saturated rings. The summed E-state index contributed by atoms with van der Waals surface area (Å²) in [6.45, 7) is 8.89. The molecule has 0 heterocycles. The minimum atomic E-state index is -0.302. The van der Waals surface area contributed by atoms with E-state index in [4.69, 9.17) is 9.47 Å². The first-order valence-corrected chi connectivity index (χ1v) is 9.27. The first kappa shape index (κ1) is 20.5. The van der Waals surface area contributed by atoms with Crippen molar-refractivity contribution >= 4 is 12.1 Å². The lowest BCUT2D eigenvalue weighted by Crippen LogP contribution is -2.24. The molecular formula is C22H28N2O3. The van der Waals surface area contributed by atoms with Gasteiger partial charge in [0, 0.05) is 0 Å². The maximum Gasteiger partial charge on any atom is 0.277 e. The third-order valence-corrected chi connectivity index (χ3v) is 3.99. The number of aryl methyl sites for hydroxylation is 1. The van der Waals surface area contributed by atoms with Crippen LogP contribution in [0.25, 0.3) is 0 Å². The highest BCUT2D eigenvalue weighted by Gasteiger charge is 2.07. The van der Waals surface area contributed by atoms with Gasteiger partial charge in [-0.2, -0.15) is 5.10 Å². The molecule has 1 N–H and O–H groups in total. The first-order valence-electron chi connectivity index (χ1n) is 9.27. The second-order valence-electron chi connectivity index (χ2n) is 6.68. The molecule has 0 radical (unpaired) electrons. The Bertz CT molecular complexity index is 768. The average Bonchev–Trinajstić information content (AvgIpc) is 2.66. The van der Waals surface area contributed by atoms with Crippen LogP contribution in [-0.4, -0.2) is 25.3 Å². The quantitative estimate of drug-likeness (QED) is 0.526. The van der Waals surface area contributed by atoms with E-state index < -0.39 is 0 Å². The van der Waals surface area contributed by atoms with Gasteiger partial charge in [-0.25, -0.2) is 5.43 Å². The van der Waals surface area contributed by atoms with Crippen molar-refractivity contribution in [1.29, 1.82) is 0 Å². The Morgan fingerprint density at radius 3 is 2.56 bits per heavy atom. The molecule has 0 saturated carbocycles. The summed E-state index contributed by atoms with van der Waals surface area (Å²) in [4.78, 5) is 11.9. The lowest BCUT2D eigenvalue weighted by atomic mass is 10.0. The molecule has 0 spiro atoms. The number of carbonyl (C=O) groups is 1. The van der Waals surface area contributed by atoms with Crippen LogP contribution in [0.5, 0.6) is 11.5 Å². The molecule has 0 atom stereocenters. The maximum atomic E-state index is 11.9. The van der Waals surface area contributed by atoms with Gasteiger partial charge in [-0.15, -0.1) is 0 Å². The number of amides is 1. The topological polar surface area (TPSA) is 59.9 Å². The molecule has 144 valence electrons. The van der Waals surface area contributed by atoms with Crippen LogP contribution in [0.3, 0.4) is 0 Å². The Kier molecular flexibility index (Phi) is 7.86. The normalized spacial score (nSPS) is 11.0. The van der Waals surface area contributed by atoms with E-state index in [1.807, 2.05) is 43.3 Å². The number of ether oxygens (including phenoxy) is 2. The van der Waals surface area contributed by atoms with Crippen LogP contribution >= 0.6 is 0 Å². The van der Waals surface area contributed by atoms with Crippen LogP contribution in [0.2, 0.25) is 0 Å². The van der Waals surface area contributed by atoms with E-state index in [1.165, 1.54) is 5.56 Å². The fourth-order valence-corrected chi connectivity index (χ4v) is 2.36. The van der Waals surface area contributed by atoms with Crippen molar-refractivity contribution in [2.45, 2.75) is 40.0 Å². The Labute approximate surface area is 161 Å². The van der Waals surface area contributed by atoms with Gasteiger partial charge < -0.3 is 9.47 Å². The van der Waals surface area contributed by atoms with Crippen molar-refractivity contribution in [2.75, 3.05) is 13.2 Å². The molecule has 5 nitrogen and oxygen atoms in total. The Morgan fingerprint density at radius 2 is 1.89 bits per heavy atom. The molecule has 0 bridgehead atoms. The van der Waals surface area contributed by atoms with Crippen LogP contribution in [0.15, 0.2) is 47.6 Å². The van der Waals surface area contributed by atoms with E-state index in [0.717, 1.165) is 29.0 Å². The SMILES string of the molecule is CCCOc1ccc(/C=N/NC(=O)COc2cc(C(C)C)ccc2C)cc1. The molecule has 0 saturated heterocycles. The molecule has 27 heavy (non-hydrogen) atoms. The number of hydrogen-bond donors (Lipinski definition) is 1. The van der Waals surface area contributed by atoms with E-state index in [9.17, 15) is 4.79 Å². The molecule has 1 amide bonds. The second-order valence-corrected chi connectivity index (χ2v) is 6.68. The highest BCUT2D eigenvalue weighted by Crippen LogP contribution is 2.24. The Balaban J connectivity index is 1.82. The number of nitrogens with one attached hydrogen (secondary N) is 1. The van der Waals surface area contributed by atoms with Crippen molar-refractivity contribution in [3.63, 3.8) is 0 Å². The maximum absolute atomic E-state index is 11.9. The molecule has 0 aromatic heterocycles. The summed E-state index contributed by atoms with van der Waals surface area (Å²) in [5.41, 5.74) is 5.54. The van der Waals surface area contributed by atoms with Gasteiger partial charge >= 0.3 is 0 Å². The minimum absolute atomic E-state index is 0.0798. The van der Waals surface area contributed by atoms with Gasteiger partial charge in [0.15, 0.2) is 6.61 Å². The molecule has 0 aliphatic carbocycles. The monoisotopic (exact) mass is 368 g/mol. The van der Waals surface area contributed by atoms with Crippen molar-refractivity contribution in [1.82, 2.24) is 5.43 Å². The summed E-state index contributed by atoms with van der Waals surface area (Å²) in [6, 6.07) is 13.6. The fraction of sp³-hybridized carbons (Fsp3) is 0.364. The molecule has 2 aromatic carbocycles. The lowest BCUT2D eigenvalue weighted by Gasteiger charge is -2.12. The molecule has 0 unspecified atom stereocenters. The van der Waals surface area contributed by atoms with E-state index in [0.29, 0.717) is 12.5 Å². The highest BCUT2D eigenvalue weighted by atomic mass is 16.5. The number of hydrazone groups is 1. The molecule has 0 aliphatic rings. The zero-order valence-electron chi connectivity index (χ0n) is 16.5. The smallest absolute Gasteiger partial charge is 0.277 e. The Hall–Kier alpha value is -2.82. The van der Waals surface area contributed by atoms with E-state index >= 15 is 0 Å². The number of hydrogen-bond acceptors (Lipinski definition) is 4. The van der Waals surface area contributed by atoms with E-state index in [-0.39, 0.29) is 12.5 Å². The molecule has 5 heteroatoms. The minimum Gasteiger partial charge on any atom is -0.494 e. The Morgan fingerprint density at radius 1 is 1.15 bits per heavy atom. The zero-order valence-corrected chi connectivity index (χ0v) is 16.5. The van der Waals surface area contributed by atoms with Gasteiger partial charge in [-0.1, -0.05) is 32.9 Å². The fourth-order valence-electron chi connectivity index (χ4n) is 2.36. The predicted molar refractivity (Wildman–Crippen MR) is 109 cm³/mol. The van der Waals surface area contributed by atoms with Crippen molar-refractivity contribution < 1.29 is 14.3 Å². The summed E-state index contributed by atoms with van der Waals surface area (Å²) < 4.78 is 11.2. The highest BCUT2D eigenvalue weighted by molar-refractivity contribution is 5.83. The van der Waals surface area contributed by atoms with Gasteiger partial charge in [-0.05, 0) is 66.3 Å². The van der Waals surface area contributed by atoms with Gasteiger partial charge in [0.2, 0.25) is 0 Å². The molecule has 2 rings (SSSR count). The van der Waals surface area contributed by atoms with E-state index in [1.54, 1.807) is 6.21 Å². The average molecular weight is 368 g/mol. The largest absolute Gasteiger partial charge is 0.494 e. The van der Waals surface area contributed by atoms with Gasteiger partial charge in [0.25, 0.3) is 5.91 Å². The molecule has 0 aliphatic heterocycles. The third-order valence-electron chi connectivity index (χ3n) is 3.99. The van der Waals surface area contributed by atoms with Crippen LogP contribution in [0.1, 0.15) is 49.8 Å². The van der Waals surface area contributed by atoms with Crippen LogP contribution < -0.4 is 14.9 Å². The van der Waals surface area contributed by atoms with Gasteiger partial charge in [0.05, 0.1) is 12.8 Å². The summed E-state index contributed by atoms with van der Waals surface area (Å²) in [5, 5.41) is 3.97.